The molecule has 0 spiro atoms. The number of H-pyrrole nitrogens is 2. The SMILES string of the molecule is Cl.Nc1c(/C=C/c2cc3ccc(C4=NCCN4)cc3[nH]2)[nH]c2cc(C3=NCCN3)ccc12. The van der Waals surface area contributed by atoms with Gasteiger partial charge in [-0.15, -0.1) is 12.4 Å². The molecule has 4 aromatic rings. The smallest absolute Gasteiger partial charge is 0.128 e. The second kappa shape index (κ2) is 8.09. The third kappa shape index (κ3) is 3.50. The van der Waals surface area contributed by atoms with Crippen LogP contribution in [0.3, 0.4) is 0 Å². The lowest BCUT2D eigenvalue weighted by molar-refractivity contribution is 0.960. The van der Waals surface area contributed by atoms with Gasteiger partial charge in [-0.1, -0.05) is 24.3 Å². The van der Waals surface area contributed by atoms with E-state index in [9.17, 15) is 0 Å². The Labute approximate surface area is 191 Å². The number of aromatic nitrogens is 2. The largest absolute Gasteiger partial charge is 0.396 e. The van der Waals surface area contributed by atoms with Crippen molar-refractivity contribution < 1.29 is 0 Å². The number of nitrogens with two attached hydrogens (primary N) is 1. The van der Waals surface area contributed by atoms with Crippen molar-refractivity contribution in [2.45, 2.75) is 0 Å². The predicted molar refractivity (Wildman–Crippen MR) is 136 cm³/mol. The maximum Gasteiger partial charge on any atom is 0.128 e. The lowest BCUT2D eigenvalue weighted by Gasteiger charge is -2.02. The molecule has 0 amide bonds. The summed E-state index contributed by atoms with van der Waals surface area (Å²) in [6, 6.07) is 14.7. The lowest BCUT2D eigenvalue weighted by Crippen LogP contribution is -2.19. The van der Waals surface area contributed by atoms with Crippen LogP contribution in [-0.4, -0.2) is 47.8 Å². The van der Waals surface area contributed by atoms with Crippen LogP contribution in [0.5, 0.6) is 0 Å². The van der Waals surface area contributed by atoms with E-state index in [-0.39, 0.29) is 12.4 Å². The summed E-state index contributed by atoms with van der Waals surface area (Å²) in [6.07, 6.45) is 4.07. The van der Waals surface area contributed by atoms with Crippen molar-refractivity contribution in [3.05, 3.63) is 65.0 Å². The molecule has 0 radical (unpaired) electrons. The summed E-state index contributed by atoms with van der Waals surface area (Å²) < 4.78 is 0. The summed E-state index contributed by atoms with van der Waals surface area (Å²) in [4.78, 5) is 15.9. The van der Waals surface area contributed by atoms with Crippen molar-refractivity contribution in [3.63, 3.8) is 0 Å². The lowest BCUT2D eigenvalue weighted by atomic mass is 10.1. The number of hydrogen-bond acceptors (Lipinski definition) is 5. The van der Waals surface area contributed by atoms with Gasteiger partial charge in [-0.2, -0.15) is 0 Å². The first-order chi connectivity index (χ1) is 15.2. The molecular formula is C24H24ClN7. The van der Waals surface area contributed by atoms with Crippen molar-refractivity contribution in [2.24, 2.45) is 9.98 Å². The summed E-state index contributed by atoms with van der Waals surface area (Å²) in [5.41, 5.74) is 13.4. The summed E-state index contributed by atoms with van der Waals surface area (Å²) in [5.74, 6) is 1.92. The second-order valence-corrected chi connectivity index (χ2v) is 7.89. The van der Waals surface area contributed by atoms with Crippen LogP contribution >= 0.6 is 12.4 Å². The van der Waals surface area contributed by atoms with Gasteiger partial charge >= 0.3 is 0 Å². The first-order valence-electron chi connectivity index (χ1n) is 10.5. The standard InChI is InChI=1S/C24H23N7.ClH/c25-22-18-5-3-16(24-28-9-10-29-24)13-21(18)31-19(22)6-4-17-11-14-1-2-15(12-20(14)30-17)23-26-7-8-27-23;/h1-6,11-13,30-31H,7-10,25H2,(H,26,27)(H,28,29);1H/b6-4+;. The van der Waals surface area contributed by atoms with E-state index in [4.69, 9.17) is 5.73 Å². The molecule has 0 atom stereocenters. The molecule has 6 N–H and O–H groups in total. The normalized spacial score (nSPS) is 15.6. The fourth-order valence-corrected chi connectivity index (χ4v) is 4.26. The molecule has 4 heterocycles. The van der Waals surface area contributed by atoms with E-state index in [1.54, 1.807) is 0 Å². The Balaban J connectivity index is 0.00000216. The molecule has 6 rings (SSSR count). The van der Waals surface area contributed by atoms with E-state index in [0.29, 0.717) is 0 Å². The second-order valence-electron chi connectivity index (χ2n) is 7.89. The summed E-state index contributed by atoms with van der Waals surface area (Å²) in [6.45, 7) is 3.46. The van der Waals surface area contributed by atoms with Gasteiger partial charge in [-0.25, -0.2) is 0 Å². The van der Waals surface area contributed by atoms with Crippen LogP contribution in [0, 0.1) is 0 Å². The molecule has 162 valence electrons. The van der Waals surface area contributed by atoms with Gasteiger partial charge in [-0.3, -0.25) is 9.98 Å². The minimum absolute atomic E-state index is 0. The fourth-order valence-electron chi connectivity index (χ4n) is 4.26. The fraction of sp³-hybridized carbons (Fsp3) is 0.167. The average molecular weight is 446 g/mol. The summed E-state index contributed by atoms with van der Waals surface area (Å²) in [5, 5.41) is 8.83. The highest BCUT2D eigenvalue weighted by atomic mass is 35.5. The molecule has 8 heteroatoms. The molecule has 0 aliphatic carbocycles. The Morgan fingerprint density at radius 3 is 2.16 bits per heavy atom. The topological polar surface area (TPSA) is 106 Å². The maximum absolute atomic E-state index is 6.41. The van der Waals surface area contributed by atoms with Crippen LogP contribution in [0.4, 0.5) is 5.69 Å². The third-order valence-electron chi connectivity index (χ3n) is 5.84. The first kappa shape index (κ1) is 20.2. The zero-order chi connectivity index (χ0) is 20.8. The Hall–Kier alpha value is -3.71. The minimum atomic E-state index is 0. The van der Waals surface area contributed by atoms with Crippen LogP contribution in [0.1, 0.15) is 22.5 Å². The number of halogens is 1. The van der Waals surface area contributed by atoms with Gasteiger partial charge in [0.05, 0.1) is 24.5 Å². The zero-order valence-electron chi connectivity index (χ0n) is 17.4. The Morgan fingerprint density at radius 2 is 1.47 bits per heavy atom. The van der Waals surface area contributed by atoms with Crippen molar-refractivity contribution >= 4 is 63.7 Å². The van der Waals surface area contributed by atoms with Crippen LogP contribution in [0.2, 0.25) is 0 Å². The van der Waals surface area contributed by atoms with Crippen molar-refractivity contribution in [1.29, 1.82) is 0 Å². The van der Waals surface area contributed by atoms with Crippen LogP contribution in [0.25, 0.3) is 34.0 Å². The maximum atomic E-state index is 6.41. The molecule has 2 aliphatic rings. The van der Waals surface area contributed by atoms with E-state index in [0.717, 1.165) is 82.5 Å². The van der Waals surface area contributed by atoms with E-state index in [1.165, 1.54) is 5.39 Å². The van der Waals surface area contributed by atoms with E-state index in [2.05, 4.69) is 79.1 Å². The van der Waals surface area contributed by atoms with Crippen LogP contribution < -0.4 is 16.4 Å². The molecule has 0 bridgehead atoms. The molecular weight excluding hydrogens is 422 g/mol. The number of nitrogens with zero attached hydrogens (tertiary/aromatic N) is 2. The summed E-state index contributed by atoms with van der Waals surface area (Å²) in [7, 11) is 0. The predicted octanol–water partition coefficient (Wildman–Crippen LogP) is 3.52. The van der Waals surface area contributed by atoms with Gasteiger partial charge in [-0.05, 0) is 30.4 Å². The number of hydrogen-bond donors (Lipinski definition) is 5. The minimum Gasteiger partial charge on any atom is -0.396 e. The monoisotopic (exact) mass is 445 g/mol. The number of anilines is 1. The number of aliphatic imine (C=N–C) groups is 2. The molecule has 7 nitrogen and oxygen atoms in total. The van der Waals surface area contributed by atoms with Crippen LogP contribution in [0.15, 0.2) is 52.4 Å². The van der Waals surface area contributed by atoms with Gasteiger partial charge < -0.3 is 26.3 Å². The number of fused-ring (bicyclic) bond motifs is 2. The van der Waals surface area contributed by atoms with Crippen molar-refractivity contribution in [1.82, 2.24) is 20.6 Å². The molecule has 2 aromatic heterocycles. The van der Waals surface area contributed by atoms with E-state index in [1.807, 2.05) is 6.08 Å². The van der Waals surface area contributed by atoms with Gasteiger partial charge in [0.1, 0.15) is 11.7 Å². The van der Waals surface area contributed by atoms with E-state index < -0.39 is 0 Å². The number of nitrogen functional groups attached to an aromatic ring is 1. The van der Waals surface area contributed by atoms with Crippen LogP contribution in [-0.2, 0) is 0 Å². The Morgan fingerprint density at radius 1 is 0.781 bits per heavy atom. The zero-order valence-corrected chi connectivity index (χ0v) is 18.2. The molecule has 0 unspecified atom stereocenters. The highest BCUT2D eigenvalue weighted by molar-refractivity contribution is 6.05. The van der Waals surface area contributed by atoms with E-state index >= 15 is 0 Å². The van der Waals surface area contributed by atoms with Gasteiger partial charge in [0.15, 0.2) is 0 Å². The molecule has 0 fully saturated rings. The van der Waals surface area contributed by atoms with Crippen molar-refractivity contribution in [3.8, 4) is 0 Å². The molecule has 0 saturated heterocycles. The average Bonchev–Trinajstić information content (AvgIpc) is 3.59. The molecule has 32 heavy (non-hydrogen) atoms. The number of rotatable bonds is 4. The highest BCUT2D eigenvalue weighted by Gasteiger charge is 2.12. The number of nitrogens with one attached hydrogen (secondary N) is 4. The van der Waals surface area contributed by atoms with Gasteiger partial charge in [0.25, 0.3) is 0 Å². The number of benzene rings is 2. The molecule has 0 saturated carbocycles. The first-order valence-corrected chi connectivity index (χ1v) is 10.5. The number of aromatic amines is 2. The Bertz CT molecular complexity index is 1410. The van der Waals surface area contributed by atoms with Crippen molar-refractivity contribution in [2.75, 3.05) is 31.9 Å². The highest BCUT2D eigenvalue weighted by Crippen LogP contribution is 2.28. The number of amidine groups is 2. The third-order valence-corrected chi connectivity index (χ3v) is 5.84. The molecule has 2 aliphatic heterocycles. The quantitative estimate of drug-likeness (QED) is 0.331. The Kier molecular flexibility index (Phi) is 5.11. The van der Waals surface area contributed by atoms with Gasteiger partial charge in [0.2, 0.25) is 0 Å². The summed E-state index contributed by atoms with van der Waals surface area (Å²) >= 11 is 0. The van der Waals surface area contributed by atoms with Gasteiger partial charge in [0, 0.05) is 51.7 Å². The molecule has 2 aromatic carbocycles.